The van der Waals surface area contributed by atoms with E-state index in [0.717, 1.165) is 19.4 Å². The number of furan rings is 1. The van der Waals surface area contributed by atoms with Crippen molar-refractivity contribution in [3.05, 3.63) is 57.6 Å². The van der Waals surface area contributed by atoms with Crippen LogP contribution in [0.1, 0.15) is 40.7 Å². The SMILES string of the molecule is O=C(Nc1nc(CC(=O)N2CCCC2c2ccsc2)cs1)c1ccco1. The second-order valence-electron chi connectivity index (χ2n) is 6.05. The molecule has 4 rings (SSSR count). The summed E-state index contributed by atoms with van der Waals surface area (Å²) in [6.45, 7) is 0.783. The number of thiophene rings is 1. The highest BCUT2D eigenvalue weighted by atomic mass is 32.1. The molecule has 26 heavy (non-hydrogen) atoms. The molecule has 0 bridgehead atoms. The number of nitrogens with one attached hydrogen (secondary N) is 1. The van der Waals surface area contributed by atoms with Crippen LogP contribution in [-0.4, -0.2) is 28.2 Å². The summed E-state index contributed by atoms with van der Waals surface area (Å²) in [6, 6.07) is 5.50. The first-order chi connectivity index (χ1) is 12.7. The van der Waals surface area contributed by atoms with Crippen molar-refractivity contribution < 1.29 is 14.0 Å². The standard InChI is InChI=1S/C18H17N3O3S2/c22-16(21-6-1-3-14(21)12-5-8-25-10-12)9-13-11-26-18(19-13)20-17(23)15-4-2-7-24-15/h2,4-5,7-8,10-11,14H,1,3,6,9H2,(H,19,20,23). The summed E-state index contributed by atoms with van der Waals surface area (Å²) in [5.41, 5.74) is 1.89. The van der Waals surface area contributed by atoms with Gasteiger partial charge in [-0.3, -0.25) is 14.9 Å². The minimum absolute atomic E-state index is 0.0768. The normalized spacial score (nSPS) is 16.8. The second-order valence-corrected chi connectivity index (χ2v) is 7.69. The molecule has 0 aromatic carbocycles. The van der Waals surface area contributed by atoms with Gasteiger partial charge in [-0.15, -0.1) is 11.3 Å². The van der Waals surface area contributed by atoms with Crippen molar-refractivity contribution in [2.75, 3.05) is 11.9 Å². The molecule has 6 nitrogen and oxygen atoms in total. The zero-order chi connectivity index (χ0) is 17.9. The third-order valence-corrected chi connectivity index (χ3v) is 5.86. The number of carbonyl (C=O) groups is 2. The first-order valence-electron chi connectivity index (χ1n) is 8.31. The fourth-order valence-electron chi connectivity index (χ4n) is 3.14. The highest BCUT2D eigenvalue weighted by Crippen LogP contribution is 2.33. The van der Waals surface area contributed by atoms with Crippen molar-refractivity contribution in [2.45, 2.75) is 25.3 Å². The number of hydrogen-bond acceptors (Lipinski definition) is 6. The molecule has 3 aromatic rings. The van der Waals surface area contributed by atoms with Crippen LogP contribution in [0.5, 0.6) is 0 Å². The molecule has 8 heteroatoms. The summed E-state index contributed by atoms with van der Waals surface area (Å²) in [6.07, 6.45) is 3.71. The van der Waals surface area contributed by atoms with Crippen LogP contribution in [0.3, 0.4) is 0 Å². The molecule has 134 valence electrons. The predicted molar refractivity (Wildman–Crippen MR) is 100 cm³/mol. The Morgan fingerprint density at radius 1 is 1.35 bits per heavy atom. The maximum Gasteiger partial charge on any atom is 0.293 e. The number of amides is 2. The van der Waals surface area contributed by atoms with Gasteiger partial charge in [0.1, 0.15) is 0 Å². The van der Waals surface area contributed by atoms with Gasteiger partial charge in [-0.2, -0.15) is 11.3 Å². The van der Waals surface area contributed by atoms with Gasteiger partial charge in [0.2, 0.25) is 5.91 Å². The molecule has 1 unspecified atom stereocenters. The van der Waals surface area contributed by atoms with Crippen LogP contribution in [0.15, 0.2) is 45.0 Å². The fraction of sp³-hybridized carbons (Fsp3) is 0.278. The number of carbonyl (C=O) groups excluding carboxylic acids is 2. The number of aromatic nitrogens is 1. The van der Waals surface area contributed by atoms with Gasteiger partial charge in [-0.05, 0) is 47.4 Å². The molecule has 1 fully saturated rings. The van der Waals surface area contributed by atoms with Crippen LogP contribution in [0, 0.1) is 0 Å². The Bertz CT molecular complexity index is 887. The molecule has 1 atom stereocenters. The van der Waals surface area contributed by atoms with Crippen molar-refractivity contribution in [3.8, 4) is 0 Å². The molecule has 1 aliphatic heterocycles. The van der Waals surface area contributed by atoms with Crippen molar-refractivity contribution in [2.24, 2.45) is 0 Å². The molecule has 4 heterocycles. The largest absolute Gasteiger partial charge is 0.459 e. The summed E-state index contributed by atoms with van der Waals surface area (Å²) in [5, 5.41) is 9.12. The third kappa shape index (κ3) is 3.56. The molecule has 1 N–H and O–H groups in total. The fourth-order valence-corrected chi connectivity index (χ4v) is 4.56. The number of anilines is 1. The molecule has 0 aliphatic carbocycles. The van der Waals surface area contributed by atoms with Gasteiger partial charge >= 0.3 is 0 Å². The number of rotatable bonds is 5. The number of likely N-dealkylation sites (tertiary alicyclic amines) is 1. The van der Waals surface area contributed by atoms with Crippen LogP contribution in [0.2, 0.25) is 0 Å². The molecule has 0 saturated carbocycles. The summed E-state index contributed by atoms with van der Waals surface area (Å²) in [4.78, 5) is 31.0. The first-order valence-corrected chi connectivity index (χ1v) is 10.1. The maximum atomic E-state index is 12.7. The van der Waals surface area contributed by atoms with E-state index >= 15 is 0 Å². The third-order valence-electron chi connectivity index (χ3n) is 4.35. The molecule has 1 saturated heterocycles. The summed E-state index contributed by atoms with van der Waals surface area (Å²) >= 11 is 2.96. The highest BCUT2D eigenvalue weighted by molar-refractivity contribution is 7.14. The summed E-state index contributed by atoms with van der Waals surface area (Å²) in [7, 11) is 0. The Labute approximate surface area is 158 Å². The van der Waals surface area contributed by atoms with Crippen LogP contribution in [0.25, 0.3) is 0 Å². The van der Waals surface area contributed by atoms with Crippen LogP contribution < -0.4 is 5.32 Å². The van der Waals surface area contributed by atoms with Crippen molar-refractivity contribution in [1.29, 1.82) is 0 Å². The zero-order valence-electron chi connectivity index (χ0n) is 13.9. The van der Waals surface area contributed by atoms with E-state index in [9.17, 15) is 9.59 Å². The average molecular weight is 387 g/mol. The van der Waals surface area contributed by atoms with Gasteiger partial charge < -0.3 is 9.32 Å². The zero-order valence-corrected chi connectivity index (χ0v) is 15.5. The Morgan fingerprint density at radius 3 is 3.04 bits per heavy atom. The van der Waals surface area contributed by atoms with Crippen molar-refractivity contribution in [3.63, 3.8) is 0 Å². The summed E-state index contributed by atoms with van der Waals surface area (Å²) in [5.74, 6) is -0.0410. The minimum atomic E-state index is -0.348. The number of hydrogen-bond donors (Lipinski definition) is 1. The van der Waals surface area contributed by atoms with E-state index in [-0.39, 0.29) is 30.0 Å². The Hall–Kier alpha value is -2.45. The quantitative estimate of drug-likeness (QED) is 0.719. The monoisotopic (exact) mass is 387 g/mol. The van der Waals surface area contributed by atoms with E-state index in [4.69, 9.17) is 4.42 Å². The Morgan fingerprint density at radius 2 is 2.27 bits per heavy atom. The van der Waals surface area contributed by atoms with Gasteiger partial charge in [-0.1, -0.05) is 0 Å². The molecule has 3 aromatic heterocycles. The predicted octanol–water partition coefficient (Wildman–Crippen LogP) is 3.96. The van der Waals surface area contributed by atoms with E-state index in [1.54, 1.807) is 23.5 Å². The van der Waals surface area contributed by atoms with Gasteiger partial charge in [0.15, 0.2) is 10.9 Å². The lowest BCUT2D eigenvalue weighted by Crippen LogP contribution is -2.31. The molecular weight excluding hydrogens is 370 g/mol. The summed E-state index contributed by atoms with van der Waals surface area (Å²) < 4.78 is 5.06. The van der Waals surface area contributed by atoms with Crippen LogP contribution in [-0.2, 0) is 11.2 Å². The van der Waals surface area contributed by atoms with Gasteiger partial charge in [-0.25, -0.2) is 4.98 Å². The van der Waals surface area contributed by atoms with Crippen LogP contribution in [0.4, 0.5) is 5.13 Å². The van der Waals surface area contributed by atoms with E-state index in [0.29, 0.717) is 10.8 Å². The molecular formula is C18H17N3O3S2. The Balaban J connectivity index is 1.39. The van der Waals surface area contributed by atoms with Crippen LogP contribution >= 0.6 is 22.7 Å². The highest BCUT2D eigenvalue weighted by Gasteiger charge is 2.30. The van der Waals surface area contributed by atoms with Crippen molar-refractivity contribution in [1.82, 2.24) is 9.88 Å². The topological polar surface area (TPSA) is 75.4 Å². The van der Waals surface area contributed by atoms with Gasteiger partial charge in [0.05, 0.1) is 24.4 Å². The lowest BCUT2D eigenvalue weighted by atomic mass is 10.1. The number of nitrogens with zero attached hydrogens (tertiary/aromatic N) is 2. The van der Waals surface area contributed by atoms with Crippen molar-refractivity contribution >= 4 is 39.6 Å². The molecule has 1 aliphatic rings. The number of thiazole rings is 1. The lowest BCUT2D eigenvalue weighted by molar-refractivity contribution is -0.131. The molecule has 2 amide bonds. The van der Waals surface area contributed by atoms with E-state index in [2.05, 4.69) is 21.7 Å². The molecule has 0 spiro atoms. The van der Waals surface area contributed by atoms with E-state index in [1.807, 2.05) is 15.7 Å². The Kier molecular flexibility index (Phi) is 4.85. The lowest BCUT2D eigenvalue weighted by Gasteiger charge is -2.24. The maximum absolute atomic E-state index is 12.7. The van der Waals surface area contributed by atoms with E-state index < -0.39 is 0 Å². The van der Waals surface area contributed by atoms with E-state index in [1.165, 1.54) is 23.2 Å². The van der Waals surface area contributed by atoms with Gasteiger partial charge in [0, 0.05) is 11.9 Å². The average Bonchev–Trinajstić information content (AvgIpc) is 3.39. The smallest absolute Gasteiger partial charge is 0.293 e. The molecule has 0 radical (unpaired) electrons. The second kappa shape index (κ2) is 7.43. The first kappa shape index (κ1) is 17.0. The minimum Gasteiger partial charge on any atom is -0.459 e. The van der Waals surface area contributed by atoms with Gasteiger partial charge in [0.25, 0.3) is 5.91 Å².